The first kappa shape index (κ1) is 12.6. The average Bonchev–Trinajstić information content (AvgIpc) is 2.01. The van der Waals surface area contributed by atoms with E-state index in [0.29, 0.717) is 0 Å². The van der Waals surface area contributed by atoms with Crippen LogP contribution in [0.1, 0.15) is 13.3 Å². The van der Waals surface area contributed by atoms with Gasteiger partial charge in [0.25, 0.3) is 0 Å². The molecule has 0 aliphatic heterocycles. The van der Waals surface area contributed by atoms with Gasteiger partial charge >= 0.3 is 11.9 Å². The second-order valence-electron chi connectivity index (χ2n) is 2.57. The van der Waals surface area contributed by atoms with Crippen molar-refractivity contribution in [2.24, 2.45) is 0 Å². The summed E-state index contributed by atoms with van der Waals surface area (Å²) in [6.07, 6.45) is -0.921. The van der Waals surface area contributed by atoms with E-state index in [2.05, 4.69) is 4.74 Å². The summed E-state index contributed by atoms with van der Waals surface area (Å²) in [5.41, 5.74) is -0.0510. The topological polar surface area (TPSA) is 104 Å². The molecule has 0 saturated carbocycles. The van der Waals surface area contributed by atoms with Gasteiger partial charge in [-0.2, -0.15) is 0 Å². The summed E-state index contributed by atoms with van der Waals surface area (Å²) in [5.74, 6) is -2.02. The van der Waals surface area contributed by atoms with Gasteiger partial charge in [0.15, 0.2) is 6.29 Å². The molecule has 0 atom stereocenters. The highest BCUT2D eigenvalue weighted by atomic mass is 16.5. The summed E-state index contributed by atoms with van der Waals surface area (Å²) in [7, 11) is 0. The predicted octanol–water partition coefficient (Wildman–Crippen LogP) is -0.739. The molecule has 0 aliphatic carbocycles. The number of hydrogen-bond donors (Lipinski definition) is 3. The van der Waals surface area contributed by atoms with Crippen LogP contribution < -0.4 is 0 Å². The molecule has 0 saturated heterocycles. The van der Waals surface area contributed by atoms with Crippen molar-refractivity contribution in [3.8, 4) is 0 Å². The molecular weight excluding hydrogens is 192 g/mol. The molecule has 0 aromatic rings. The van der Waals surface area contributed by atoms with Gasteiger partial charge < -0.3 is 20.1 Å². The van der Waals surface area contributed by atoms with E-state index >= 15 is 0 Å². The number of aliphatic carboxylic acids is 1. The summed E-state index contributed by atoms with van der Waals surface area (Å²) in [5, 5.41) is 25.1. The number of hydrogen-bond acceptors (Lipinski definition) is 5. The van der Waals surface area contributed by atoms with Gasteiger partial charge in [-0.25, -0.2) is 9.59 Å². The number of carbonyl (C=O) groups is 2. The number of aliphatic hydroxyl groups excluding tert-OH is 1. The van der Waals surface area contributed by atoms with Crippen LogP contribution in [0.2, 0.25) is 0 Å². The van der Waals surface area contributed by atoms with Crippen LogP contribution in [0.4, 0.5) is 0 Å². The van der Waals surface area contributed by atoms with E-state index in [1.165, 1.54) is 6.92 Å². The Morgan fingerprint density at radius 1 is 1.43 bits per heavy atom. The summed E-state index contributed by atoms with van der Waals surface area (Å²) in [4.78, 5) is 21.1. The molecule has 14 heavy (non-hydrogen) atoms. The van der Waals surface area contributed by atoms with Crippen LogP contribution in [0.3, 0.4) is 0 Å². The van der Waals surface area contributed by atoms with E-state index < -0.39 is 18.2 Å². The molecule has 0 aromatic carbocycles. The zero-order valence-corrected chi connectivity index (χ0v) is 7.64. The first-order valence-corrected chi connectivity index (χ1v) is 3.88. The summed E-state index contributed by atoms with van der Waals surface area (Å²) < 4.78 is 4.52. The maximum absolute atomic E-state index is 10.9. The van der Waals surface area contributed by atoms with Crippen LogP contribution in [0.15, 0.2) is 11.6 Å². The van der Waals surface area contributed by atoms with E-state index in [4.69, 9.17) is 15.3 Å². The highest BCUT2D eigenvalue weighted by molar-refractivity contribution is 5.95. The van der Waals surface area contributed by atoms with Gasteiger partial charge in [0.2, 0.25) is 0 Å². The Morgan fingerprint density at radius 2 is 2.00 bits per heavy atom. The number of ether oxygens (including phenoxy) is 1. The lowest BCUT2D eigenvalue weighted by atomic mass is 10.3. The standard InChI is InChI=1S/C8H12O6/c1-5(4-7(11)12)8(13)14-3-2-6(9)10/h4,6,9-10H,2-3H2,1H3,(H,11,12)/b5-4-. The largest absolute Gasteiger partial charge is 0.478 e. The van der Waals surface area contributed by atoms with Crippen molar-refractivity contribution in [2.75, 3.05) is 6.61 Å². The molecule has 0 radical (unpaired) electrons. The van der Waals surface area contributed by atoms with Crippen LogP contribution >= 0.6 is 0 Å². The molecule has 3 N–H and O–H groups in total. The van der Waals surface area contributed by atoms with Crippen LogP contribution in [0.5, 0.6) is 0 Å². The minimum Gasteiger partial charge on any atom is -0.478 e. The molecule has 0 spiro atoms. The predicted molar refractivity (Wildman–Crippen MR) is 45.2 cm³/mol. The van der Waals surface area contributed by atoms with Gasteiger partial charge in [-0.05, 0) is 6.92 Å². The molecule has 0 bridgehead atoms. The maximum Gasteiger partial charge on any atom is 0.333 e. The average molecular weight is 204 g/mol. The number of esters is 1. The fraction of sp³-hybridized carbons (Fsp3) is 0.500. The van der Waals surface area contributed by atoms with Crippen molar-refractivity contribution in [1.29, 1.82) is 0 Å². The number of carbonyl (C=O) groups excluding carboxylic acids is 1. The Morgan fingerprint density at radius 3 is 2.43 bits per heavy atom. The van der Waals surface area contributed by atoms with Crippen molar-refractivity contribution >= 4 is 11.9 Å². The second kappa shape index (κ2) is 6.11. The van der Waals surface area contributed by atoms with Crippen LogP contribution in [-0.2, 0) is 14.3 Å². The number of carboxylic acids is 1. The third-order valence-electron chi connectivity index (χ3n) is 1.27. The molecule has 0 unspecified atom stereocenters. The molecule has 0 fully saturated rings. The lowest BCUT2D eigenvalue weighted by Gasteiger charge is -2.05. The molecule has 80 valence electrons. The number of carboxylic acid groups (broad SMARTS) is 1. The molecule has 0 rings (SSSR count). The van der Waals surface area contributed by atoms with Gasteiger partial charge in [0.1, 0.15) is 0 Å². The molecule has 0 aliphatic rings. The van der Waals surface area contributed by atoms with Crippen LogP contribution in [0, 0.1) is 0 Å². The highest BCUT2D eigenvalue weighted by Crippen LogP contribution is 1.98. The number of aliphatic hydroxyl groups is 2. The minimum absolute atomic E-state index is 0.0510. The fourth-order valence-electron chi connectivity index (χ4n) is 0.615. The zero-order chi connectivity index (χ0) is 11.1. The summed E-state index contributed by atoms with van der Waals surface area (Å²) >= 11 is 0. The Bertz CT molecular complexity index is 242. The first-order valence-electron chi connectivity index (χ1n) is 3.88. The smallest absolute Gasteiger partial charge is 0.333 e. The van der Waals surface area contributed by atoms with Crippen molar-refractivity contribution in [1.82, 2.24) is 0 Å². The quantitative estimate of drug-likeness (QED) is 0.309. The van der Waals surface area contributed by atoms with Gasteiger partial charge in [-0.3, -0.25) is 0 Å². The Balaban J connectivity index is 3.91. The lowest BCUT2D eigenvalue weighted by molar-refractivity contribution is -0.142. The van der Waals surface area contributed by atoms with Gasteiger partial charge in [-0.15, -0.1) is 0 Å². The third kappa shape index (κ3) is 6.15. The van der Waals surface area contributed by atoms with E-state index in [1.807, 2.05) is 0 Å². The molecule has 6 heteroatoms. The second-order valence-corrected chi connectivity index (χ2v) is 2.57. The zero-order valence-electron chi connectivity index (χ0n) is 7.64. The van der Waals surface area contributed by atoms with Crippen molar-refractivity contribution in [2.45, 2.75) is 19.6 Å². The number of rotatable bonds is 5. The SMILES string of the molecule is C/C(=C/C(=O)O)C(=O)OCCC(O)O. The normalized spacial score (nSPS) is 11.6. The van der Waals surface area contributed by atoms with Crippen LogP contribution in [0.25, 0.3) is 0 Å². The Hall–Kier alpha value is -1.40. The molecule has 6 nitrogen and oxygen atoms in total. The summed E-state index contributed by atoms with van der Waals surface area (Å²) in [6, 6.07) is 0. The monoisotopic (exact) mass is 204 g/mol. The van der Waals surface area contributed by atoms with Gasteiger partial charge in [-0.1, -0.05) is 0 Å². The summed E-state index contributed by atoms with van der Waals surface area (Å²) in [6.45, 7) is 1.13. The van der Waals surface area contributed by atoms with E-state index in [0.717, 1.165) is 6.08 Å². The van der Waals surface area contributed by atoms with Crippen molar-refractivity contribution in [3.63, 3.8) is 0 Å². The molecule has 0 aromatic heterocycles. The molecule has 0 heterocycles. The van der Waals surface area contributed by atoms with Gasteiger partial charge in [0, 0.05) is 18.1 Å². The van der Waals surface area contributed by atoms with Gasteiger partial charge in [0.05, 0.1) is 6.61 Å². The fourth-order valence-corrected chi connectivity index (χ4v) is 0.615. The molecular formula is C8H12O6. The van der Waals surface area contributed by atoms with Crippen LogP contribution in [-0.4, -0.2) is 40.2 Å². The molecule has 0 amide bonds. The first-order chi connectivity index (χ1) is 6.43. The van der Waals surface area contributed by atoms with Crippen molar-refractivity contribution in [3.05, 3.63) is 11.6 Å². The maximum atomic E-state index is 10.9. The van der Waals surface area contributed by atoms with E-state index in [-0.39, 0.29) is 18.6 Å². The lowest BCUT2D eigenvalue weighted by Crippen LogP contribution is -2.13. The third-order valence-corrected chi connectivity index (χ3v) is 1.27. The van der Waals surface area contributed by atoms with E-state index in [9.17, 15) is 9.59 Å². The highest BCUT2D eigenvalue weighted by Gasteiger charge is 2.08. The van der Waals surface area contributed by atoms with Crippen molar-refractivity contribution < 1.29 is 29.6 Å². The minimum atomic E-state index is -1.54. The Kier molecular flexibility index (Phi) is 5.50. The Labute approximate surface area is 80.4 Å². The van der Waals surface area contributed by atoms with E-state index in [1.54, 1.807) is 0 Å².